The summed E-state index contributed by atoms with van der Waals surface area (Å²) in [6.07, 6.45) is 0. The topological polar surface area (TPSA) is 12.5 Å². The lowest BCUT2D eigenvalue weighted by Gasteiger charge is -2.29. The van der Waals surface area contributed by atoms with Crippen LogP contribution in [0.1, 0.15) is 0 Å². The number of ether oxygens (including phenoxy) is 1. The van der Waals surface area contributed by atoms with Crippen LogP contribution in [0.4, 0.5) is 17.1 Å². The highest BCUT2D eigenvalue weighted by Gasteiger charge is 2.22. The van der Waals surface area contributed by atoms with Gasteiger partial charge >= 0.3 is 0 Å². The third-order valence-electron chi connectivity index (χ3n) is 11.4. The number of hydrogen-bond donors (Lipinski definition) is 0. The molecule has 0 unspecified atom stereocenters. The number of anilines is 3. The first kappa shape index (κ1) is 33.6. The minimum Gasteiger partial charge on any atom is -0.456 e. The fourth-order valence-electron chi connectivity index (χ4n) is 8.66. The largest absolute Gasteiger partial charge is 0.456 e. The van der Waals surface area contributed by atoms with E-state index in [4.69, 9.17) is 4.74 Å². The summed E-state index contributed by atoms with van der Waals surface area (Å²) >= 11 is 0. The molecule has 1 aliphatic rings. The molecule has 2 nitrogen and oxygen atoms in total. The molecule has 0 bridgehead atoms. The molecule has 0 radical (unpaired) electrons. The van der Waals surface area contributed by atoms with Crippen LogP contribution >= 0.6 is 0 Å². The van der Waals surface area contributed by atoms with Crippen molar-refractivity contribution in [2.75, 3.05) is 4.90 Å². The van der Waals surface area contributed by atoms with Gasteiger partial charge in [0.25, 0.3) is 0 Å². The molecule has 1 aliphatic heterocycles. The number of fused-ring (bicyclic) bond motifs is 3. The summed E-state index contributed by atoms with van der Waals surface area (Å²) in [6, 6.07) is 80.8. The highest BCUT2D eigenvalue weighted by molar-refractivity contribution is 6.06. The molecule has 0 N–H and O–H groups in total. The zero-order valence-electron chi connectivity index (χ0n) is 31.7. The van der Waals surface area contributed by atoms with Crippen molar-refractivity contribution in [2.45, 2.75) is 0 Å². The molecule has 10 aromatic carbocycles. The second kappa shape index (κ2) is 14.1. The van der Waals surface area contributed by atoms with E-state index < -0.39 is 0 Å². The molecule has 58 heavy (non-hydrogen) atoms. The number of para-hydroxylation sites is 2. The molecule has 0 saturated heterocycles. The Morgan fingerprint density at radius 2 is 0.879 bits per heavy atom. The van der Waals surface area contributed by atoms with E-state index in [9.17, 15) is 0 Å². The van der Waals surface area contributed by atoms with Gasteiger partial charge in [-0.1, -0.05) is 170 Å². The fourth-order valence-corrected chi connectivity index (χ4v) is 8.66. The van der Waals surface area contributed by atoms with Crippen LogP contribution in [0.15, 0.2) is 224 Å². The minimum absolute atomic E-state index is 0.889. The van der Waals surface area contributed by atoms with Gasteiger partial charge in [-0.25, -0.2) is 0 Å². The maximum Gasteiger partial charge on any atom is 0.135 e. The van der Waals surface area contributed by atoms with E-state index >= 15 is 0 Å². The molecule has 10 aromatic rings. The molecular formula is C56H37NO. The summed E-state index contributed by atoms with van der Waals surface area (Å²) in [7, 11) is 0. The second-order valence-corrected chi connectivity index (χ2v) is 14.9. The van der Waals surface area contributed by atoms with Crippen LogP contribution in [0.25, 0.3) is 77.2 Å². The molecule has 11 rings (SSSR count). The van der Waals surface area contributed by atoms with Gasteiger partial charge in [-0.2, -0.15) is 0 Å². The van der Waals surface area contributed by atoms with Gasteiger partial charge in [0.15, 0.2) is 0 Å². The Balaban J connectivity index is 1.06. The zero-order valence-corrected chi connectivity index (χ0v) is 31.7. The summed E-state index contributed by atoms with van der Waals surface area (Å²) in [5.74, 6) is 1.79. The van der Waals surface area contributed by atoms with Gasteiger partial charge in [0.05, 0.1) is 5.69 Å². The van der Waals surface area contributed by atoms with Gasteiger partial charge in [0, 0.05) is 27.9 Å². The summed E-state index contributed by atoms with van der Waals surface area (Å²) in [5, 5.41) is 4.81. The Kier molecular flexibility index (Phi) is 8.19. The molecular weight excluding hydrogens is 703 g/mol. The Bertz CT molecular complexity index is 3120. The van der Waals surface area contributed by atoms with Crippen LogP contribution in [0, 0.1) is 0 Å². The Hall–Kier alpha value is -7.68. The van der Waals surface area contributed by atoms with Gasteiger partial charge in [0.2, 0.25) is 0 Å². The van der Waals surface area contributed by atoms with Crippen LogP contribution < -0.4 is 9.64 Å². The van der Waals surface area contributed by atoms with Gasteiger partial charge in [0.1, 0.15) is 11.5 Å². The van der Waals surface area contributed by atoms with E-state index in [1.165, 1.54) is 38.6 Å². The van der Waals surface area contributed by atoms with Gasteiger partial charge < -0.3 is 9.64 Å². The average Bonchev–Trinajstić information content (AvgIpc) is 3.30. The van der Waals surface area contributed by atoms with Crippen LogP contribution in [-0.4, -0.2) is 0 Å². The van der Waals surface area contributed by atoms with Crippen molar-refractivity contribution >= 4 is 38.6 Å². The standard InChI is InChI=1S/C56H37NO/c1-2-13-38(14-3-1)39-27-29-42(30-28-39)50-21-6-8-24-53(50)57(46-33-31-41(32-34-46)49-23-11-16-40-15-4-5-20-48(40)49)47-19-10-17-43(36-47)45-35-44-18-12-26-55-56(44)52(37-45)51-22-7-9-25-54(51)58-55/h1-37H. The maximum absolute atomic E-state index is 6.37. The third kappa shape index (κ3) is 5.91. The summed E-state index contributed by atoms with van der Waals surface area (Å²) in [5.41, 5.74) is 15.0. The Labute approximate surface area is 338 Å². The van der Waals surface area contributed by atoms with Crippen LogP contribution in [0.3, 0.4) is 0 Å². The summed E-state index contributed by atoms with van der Waals surface area (Å²) in [6.45, 7) is 0. The first-order chi connectivity index (χ1) is 28.7. The van der Waals surface area contributed by atoms with Crippen molar-refractivity contribution in [3.05, 3.63) is 224 Å². The minimum atomic E-state index is 0.889. The van der Waals surface area contributed by atoms with Gasteiger partial charge in [-0.3, -0.25) is 0 Å². The molecule has 2 heteroatoms. The molecule has 272 valence electrons. The first-order valence-electron chi connectivity index (χ1n) is 19.8. The molecule has 1 heterocycles. The monoisotopic (exact) mass is 739 g/mol. The van der Waals surface area contributed by atoms with Gasteiger partial charge in [-0.15, -0.1) is 0 Å². The zero-order chi connectivity index (χ0) is 38.4. The van der Waals surface area contributed by atoms with E-state index in [-0.39, 0.29) is 0 Å². The van der Waals surface area contributed by atoms with E-state index in [1.54, 1.807) is 0 Å². The van der Waals surface area contributed by atoms with Crippen molar-refractivity contribution in [3.8, 4) is 67.1 Å². The normalized spacial score (nSPS) is 11.6. The van der Waals surface area contributed by atoms with Crippen molar-refractivity contribution < 1.29 is 4.74 Å². The highest BCUT2D eigenvalue weighted by Crippen LogP contribution is 2.49. The van der Waals surface area contributed by atoms with E-state index in [0.29, 0.717) is 0 Å². The number of rotatable bonds is 7. The van der Waals surface area contributed by atoms with E-state index in [1.807, 2.05) is 6.07 Å². The second-order valence-electron chi connectivity index (χ2n) is 14.9. The van der Waals surface area contributed by atoms with Crippen molar-refractivity contribution in [1.29, 1.82) is 0 Å². The van der Waals surface area contributed by atoms with Crippen molar-refractivity contribution in [2.24, 2.45) is 0 Å². The lowest BCUT2D eigenvalue weighted by Crippen LogP contribution is -2.11. The van der Waals surface area contributed by atoms with Crippen LogP contribution in [0.2, 0.25) is 0 Å². The maximum atomic E-state index is 6.37. The highest BCUT2D eigenvalue weighted by atomic mass is 16.5. The molecule has 0 spiro atoms. The van der Waals surface area contributed by atoms with Crippen LogP contribution in [0.5, 0.6) is 11.5 Å². The van der Waals surface area contributed by atoms with E-state index in [2.05, 4.69) is 223 Å². The van der Waals surface area contributed by atoms with Gasteiger partial charge in [-0.05, 0) is 115 Å². The lowest BCUT2D eigenvalue weighted by atomic mass is 9.90. The van der Waals surface area contributed by atoms with E-state index in [0.717, 1.165) is 67.2 Å². The first-order valence-corrected chi connectivity index (χ1v) is 19.8. The van der Waals surface area contributed by atoms with Crippen LogP contribution in [-0.2, 0) is 0 Å². The number of nitrogens with zero attached hydrogens (tertiary/aromatic N) is 1. The summed E-state index contributed by atoms with van der Waals surface area (Å²) in [4.78, 5) is 2.41. The molecule has 0 saturated carbocycles. The molecule has 0 amide bonds. The molecule has 0 atom stereocenters. The number of benzene rings is 10. The predicted molar refractivity (Wildman–Crippen MR) is 243 cm³/mol. The predicted octanol–water partition coefficient (Wildman–Crippen LogP) is 15.9. The summed E-state index contributed by atoms with van der Waals surface area (Å²) < 4.78 is 6.37. The Morgan fingerprint density at radius 1 is 0.293 bits per heavy atom. The quantitative estimate of drug-likeness (QED) is 0.161. The molecule has 0 fully saturated rings. The average molecular weight is 740 g/mol. The lowest BCUT2D eigenvalue weighted by molar-refractivity contribution is 0.487. The SMILES string of the molecule is c1ccc(-c2ccc(-c3ccccc3N(c3ccc(-c4cccc5ccccc45)cc3)c3cccc(-c4cc5c6c(cccc6c4)Oc4ccccc4-5)c3)cc2)cc1. The molecule has 0 aromatic heterocycles. The number of hydrogen-bond acceptors (Lipinski definition) is 2. The van der Waals surface area contributed by atoms with Crippen molar-refractivity contribution in [1.82, 2.24) is 0 Å². The van der Waals surface area contributed by atoms with Crippen molar-refractivity contribution in [3.63, 3.8) is 0 Å². The molecule has 0 aliphatic carbocycles. The fraction of sp³-hybridized carbons (Fsp3) is 0. The third-order valence-corrected chi connectivity index (χ3v) is 11.4. The Morgan fingerprint density at radius 3 is 1.76 bits per heavy atom. The smallest absolute Gasteiger partial charge is 0.135 e.